The van der Waals surface area contributed by atoms with Crippen LogP contribution in [0.25, 0.3) is 0 Å². The normalized spacial score (nSPS) is 24.5. The predicted molar refractivity (Wildman–Crippen MR) is 95.7 cm³/mol. The van der Waals surface area contributed by atoms with Gasteiger partial charge in [0.1, 0.15) is 11.2 Å². The number of aromatic nitrogens is 2. The average molecular weight is 374 g/mol. The zero-order chi connectivity index (χ0) is 18.5. The Kier molecular flexibility index (Phi) is 4.04. The number of allylic oxidation sites excluding steroid dienone is 2. The average Bonchev–Trinajstić information content (AvgIpc) is 3.29. The molecule has 1 aromatic carbocycles. The summed E-state index contributed by atoms with van der Waals surface area (Å²) < 4.78 is 15.9. The molecule has 6 nitrogen and oxygen atoms in total. The fourth-order valence-electron chi connectivity index (χ4n) is 3.83. The highest BCUT2D eigenvalue weighted by Gasteiger charge is 2.50. The van der Waals surface area contributed by atoms with Gasteiger partial charge < -0.3 is 5.32 Å². The first-order valence-electron chi connectivity index (χ1n) is 8.29. The number of hydrogen-bond donors (Lipinski definition) is 3. The van der Waals surface area contributed by atoms with Crippen molar-refractivity contribution in [1.82, 2.24) is 20.6 Å². The Morgan fingerprint density at radius 3 is 2.92 bits per heavy atom. The topological polar surface area (TPSA) is 79.2 Å². The summed E-state index contributed by atoms with van der Waals surface area (Å²) in [4.78, 5) is 13.7. The molecule has 136 valence electrons. The van der Waals surface area contributed by atoms with Gasteiger partial charge >= 0.3 is 0 Å². The molecule has 26 heavy (non-hydrogen) atoms. The van der Waals surface area contributed by atoms with Crippen molar-refractivity contribution in [2.24, 2.45) is 7.05 Å². The summed E-state index contributed by atoms with van der Waals surface area (Å²) in [6.07, 6.45) is 2.69. The fourth-order valence-corrected chi connectivity index (χ4v) is 5.17. The minimum atomic E-state index is -1.01. The Bertz CT molecular complexity index is 906. The molecule has 0 radical (unpaired) electrons. The minimum absolute atomic E-state index is 0.00462. The Morgan fingerprint density at radius 1 is 1.46 bits per heavy atom. The smallest absolute Gasteiger partial charge is 0.254 e. The van der Waals surface area contributed by atoms with Crippen molar-refractivity contribution in [3.63, 3.8) is 0 Å². The van der Waals surface area contributed by atoms with Crippen LogP contribution in [0.15, 0.2) is 41.1 Å². The van der Waals surface area contributed by atoms with Crippen molar-refractivity contribution in [1.29, 1.82) is 0 Å². The van der Waals surface area contributed by atoms with E-state index in [4.69, 9.17) is 0 Å². The van der Waals surface area contributed by atoms with E-state index in [-0.39, 0.29) is 11.2 Å². The summed E-state index contributed by atoms with van der Waals surface area (Å²) in [6, 6.07) is 6.70. The van der Waals surface area contributed by atoms with E-state index in [9.17, 15) is 14.4 Å². The first-order valence-corrected chi connectivity index (χ1v) is 9.17. The van der Waals surface area contributed by atoms with Crippen molar-refractivity contribution in [3.8, 4) is 0 Å². The van der Waals surface area contributed by atoms with E-state index >= 15 is 0 Å². The Balaban J connectivity index is 1.65. The van der Waals surface area contributed by atoms with E-state index < -0.39 is 11.3 Å². The lowest BCUT2D eigenvalue weighted by Gasteiger charge is -2.31. The van der Waals surface area contributed by atoms with E-state index in [2.05, 4.69) is 10.4 Å². The highest BCUT2D eigenvalue weighted by molar-refractivity contribution is 8.03. The van der Waals surface area contributed by atoms with Crippen LogP contribution in [0.4, 0.5) is 4.39 Å². The van der Waals surface area contributed by atoms with Gasteiger partial charge in [-0.2, -0.15) is 5.10 Å². The fraction of sp³-hybridized carbons (Fsp3) is 0.333. The molecule has 4 rings (SSSR count). The number of aryl methyl sites for hydroxylation is 1. The lowest BCUT2D eigenvalue weighted by atomic mass is 9.75. The summed E-state index contributed by atoms with van der Waals surface area (Å²) in [7, 11) is 1.87. The number of thioether (sulfide) groups is 1. The molecule has 0 fully saturated rings. The number of carbonyl (C=O) groups excluding carboxylic acids is 1. The summed E-state index contributed by atoms with van der Waals surface area (Å²) in [5.41, 5.74) is 3.69. The van der Waals surface area contributed by atoms with Gasteiger partial charge in [0.25, 0.3) is 5.91 Å². The van der Waals surface area contributed by atoms with Crippen LogP contribution < -0.4 is 10.8 Å². The molecular weight excluding hydrogens is 355 g/mol. The van der Waals surface area contributed by atoms with Crippen LogP contribution in [-0.2, 0) is 17.3 Å². The first kappa shape index (κ1) is 17.1. The van der Waals surface area contributed by atoms with Gasteiger partial charge in [0, 0.05) is 30.3 Å². The van der Waals surface area contributed by atoms with Crippen molar-refractivity contribution >= 4 is 17.7 Å². The minimum Gasteiger partial charge on any atom is -0.371 e. The predicted octanol–water partition coefficient (Wildman–Crippen LogP) is 2.65. The Labute approximate surface area is 154 Å². The van der Waals surface area contributed by atoms with Gasteiger partial charge in [-0.05, 0) is 36.6 Å². The number of hydroxylamine groups is 1. The monoisotopic (exact) mass is 374 g/mol. The lowest BCUT2D eigenvalue weighted by molar-refractivity contribution is -0.135. The molecule has 0 saturated heterocycles. The van der Waals surface area contributed by atoms with Gasteiger partial charge in [-0.1, -0.05) is 23.9 Å². The maximum atomic E-state index is 14.1. The molecule has 2 aromatic rings. The zero-order valence-corrected chi connectivity index (χ0v) is 15.2. The Hall–Kier alpha value is -2.32. The molecule has 1 aromatic heterocycles. The van der Waals surface area contributed by atoms with E-state index in [1.165, 1.54) is 6.07 Å². The maximum Gasteiger partial charge on any atom is 0.254 e. The molecule has 2 aliphatic rings. The molecule has 2 atom stereocenters. The van der Waals surface area contributed by atoms with E-state index in [0.717, 1.165) is 16.3 Å². The molecule has 1 aliphatic heterocycles. The molecule has 8 heteroatoms. The van der Waals surface area contributed by atoms with Gasteiger partial charge in [-0.15, -0.1) is 0 Å². The van der Waals surface area contributed by atoms with Gasteiger partial charge in [-0.3, -0.25) is 14.7 Å². The molecule has 0 spiro atoms. The van der Waals surface area contributed by atoms with E-state index in [1.54, 1.807) is 41.0 Å². The molecule has 1 unspecified atom stereocenters. The van der Waals surface area contributed by atoms with E-state index in [1.807, 2.05) is 19.3 Å². The third-order valence-corrected chi connectivity index (χ3v) is 6.44. The van der Waals surface area contributed by atoms with Crippen molar-refractivity contribution in [2.75, 3.05) is 0 Å². The summed E-state index contributed by atoms with van der Waals surface area (Å²) in [6.45, 7) is 1.66. The van der Waals surface area contributed by atoms with Crippen LogP contribution in [0.5, 0.6) is 0 Å². The SMILES string of the molecule is Cc1c(F)cccc1[C@@]1(C(=O)NO)CC2=C(C1)SC(c1ccn(C)n1)N2. The van der Waals surface area contributed by atoms with Crippen LogP contribution in [-0.4, -0.2) is 20.9 Å². The Morgan fingerprint density at radius 2 is 2.27 bits per heavy atom. The number of nitrogens with one attached hydrogen (secondary N) is 2. The summed E-state index contributed by atoms with van der Waals surface area (Å²) in [5, 5.41) is 17.2. The molecule has 0 saturated carbocycles. The zero-order valence-electron chi connectivity index (χ0n) is 14.4. The summed E-state index contributed by atoms with van der Waals surface area (Å²) >= 11 is 1.62. The quantitative estimate of drug-likeness (QED) is 0.569. The van der Waals surface area contributed by atoms with Crippen LogP contribution in [0, 0.1) is 12.7 Å². The molecule has 2 heterocycles. The first-order chi connectivity index (χ1) is 12.4. The number of halogens is 1. The third-order valence-electron chi connectivity index (χ3n) is 5.17. The number of amides is 1. The van der Waals surface area contributed by atoms with Gasteiger partial charge in [-0.25, -0.2) is 9.87 Å². The van der Waals surface area contributed by atoms with Crippen molar-refractivity contribution < 1.29 is 14.4 Å². The number of carbonyl (C=O) groups is 1. The van der Waals surface area contributed by atoms with E-state index in [0.29, 0.717) is 24.0 Å². The number of nitrogens with zero attached hydrogens (tertiary/aromatic N) is 2. The highest BCUT2D eigenvalue weighted by Crippen LogP contribution is 2.55. The molecular formula is C18H19FN4O2S. The second kappa shape index (κ2) is 6.14. The van der Waals surface area contributed by atoms with Crippen LogP contribution in [0.2, 0.25) is 0 Å². The van der Waals surface area contributed by atoms with Crippen LogP contribution >= 0.6 is 11.8 Å². The van der Waals surface area contributed by atoms with Crippen LogP contribution in [0.3, 0.4) is 0 Å². The number of hydrogen-bond acceptors (Lipinski definition) is 5. The molecule has 3 N–H and O–H groups in total. The van der Waals surface area contributed by atoms with Gasteiger partial charge in [0.05, 0.1) is 11.1 Å². The summed E-state index contributed by atoms with van der Waals surface area (Å²) in [5.74, 6) is -0.871. The maximum absolute atomic E-state index is 14.1. The second-order valence-electron chi connectivity index (χ2n) is 6.75. The molecule has 1 aliphatic carbocycles. The van der Waals surface area contributed by atoms with Crippen molar-refractivity contribution in [3.05, 3.63) is 63.7 Å². The standard InChI is InChI=1S/C18H19FN4O2S/c1-10-11(4-3-5-12(10)19)18(17(24)22-25)8-14-15(9-18)26-16(20-14)13-6-7-23(2)21-13/h3-7,16,20,25H,8-9H2,1-2H3,(H,22,24)/t16?,18-/m1/s1. The number of rotatable bonds is 3. The van der Waals surface area contributed by atoms with Crippen molar-refractivity contribution in [2.45, 2.75) is 30.6 Å². The lowest BCUT2D eigenvalue weighted by Crippen LogP contribution is -2.43. The second-order valence-corrected chi connectivity index (χ2v) is 7.95. The largest absolute Gasteiger partial charge is 0.371 e. The van der Waals surface area contributed by atoms with Gasteiger partial charge in [0.2, 0.25) is 0 Å². The highest BCUT2D eigenvalue weighted by atomic mass is 32.2. The van der Waals surface area contributed by atoms with Gasteiger partial charge in [0.15, 0.2) is 0 Å². The number of benzene rings is 1. The third kappa shape index (κ3) is 2.52. The molecule has 1 amide bonds. The van der Waals surface area contributed by atoms with Crippen LogP contribution in [0.1, 0.15) is 35.0 Å². The molecule has 0 bridgehead atoms.